The van der Waals surface area contributed by atoms with Crippen LogP contribution in [0.1, 0.15) is 25.7 Å². The molecule has 2 unspecified atom stereocenters. The molecule has 2 aromatic rings. The van der Waals surface area contributed by atoms with Crippen LogP contribution in [0.2, 0.25) is 0 Å². The number of oxazole rings is 1. The maximum absolute atomic E-state index is 12.2. The first-order valence-corrected chi connectivity index (χ1v) is 6.81. The number of amides is 1. The zero-order valence-electron chi connectivity index (χ0n) is 11.4. The Hall–Kier alpha value is -1.79. The van der Waals surface area contributed by atoms with Gasteiger partial charge in [0.15, 0.2) is 5.58 Å². The van der Waals surface area contributed by atoms with Crippen LogP contribution in [0.5, 0.6) is 0 Å². The minimum atomic E-state index is -0.498. The molecule has 2 atom stereocenters. The highest BCUT2D eigenvalue weighted by molar-refractivity contribution is 5.94. The number of nitrogens with one attached hydrogen (secondary N) is 2. The maximum Gasteiger partial charge on any atom is 0.417 e. The number of halogens is 1. The van der Waals surface area contributed by atoms with E-state index in [1.807, 2.05) is 0 Å². The maximum atomic E-state index is 12.2. The monoisotopic (exact) mass is 311 g/mol. The van der Waals surface area contributed by atoms with Gasteiger partial charge in [-0.15, -0.1) is 12.4 Å². The largest absolute Gasteiger partial charge is 0.417 e. The van der Waals surface area contributed by atoms with Gasteiger partial charge in [0.25, 0.3) is 0 Å². The van der Waals surface area contributed by atoms with Crippen molar-refractivity contribution in [2.75, 3.05) is 5.32 Å². The standard InChI is InChI=1S/C14H17N3O3.ClH/c15-9-3-1-2-8(6-9)13(18)16-10-4-5-12-11(7-10)17-14(19)20-12;/h4-5,7-9H,1-3,6,15H2,(H,16,18)(H,17,19);1H. The molecule has 1 fully saturated rings. The minimum absolute atomic E-state index is 0. The number of benzene rings is 1. The fourth-order valence-electron chi connectivity index (χ4n) is 2.74. The molecule has 1 heterocycles. The lowest BCUT2D eigenvalue weighted by molar-refractivity contribution is -0.120. The summed E-state index contributed by atoms with van der Waals surface area (Å²) in [6.07, 6.45) is 3.60. The Morgan fingerprint density at radius 1 is 1.38 bits per heavy atom. The third-order valence-corrected chi connectivity index (χ3v) is 3.77. The summed E-state index contributed by atoms with van der Waals surface area (Å²) in [7, 11) is 0. The van der Waals surface area contributed by atoms with Crippen LogP contribution in [0.15, 0.2) is 27.4 Å². The molecule has 1 saturated carbocycles. The molecule has 0 saturated heterocycles. The number of carbonyl (C=O) groups excluding carboxylic acids is 1. The van der Waals surface area contributed by atoms with Crippen LogP contribution in [0.3, 0.4) is 0 Å². The van der Waals surface area contributed by atoms with Crippen molar-refractivity contribution >= 4 is 35.1 Å². The van der Waals surface area contributed by atoms with E-state index in [1.165, 1.54) is 0 Å². The second kappa shape index (κ2) is 6.32. The molecule has 114 valence electrons. The lowest BCUT2D eigenvalue weighted by Gasteiger charge is -2.25. The van der Waals surface area contributed by atoms with E-state index in [4.69, 9.17) is 10.2 Å². The highest BCUT2D eigenvalue weighted by Gasteiger charge is 2.25. The average molecular weight is 312 g/mol. The van der Waals surface area contributed by atoms with E-state index >= 15 is 0 Å². The molecule has 7 heteroatoms. The highest BCUT2D eigenvalue weighted by atomic mass is 35.5. The topological polar surface area (TPSA) is 101 Å². The number of aromatic nitrogens is 1. The number of hydrogen-bond donors (Lipinski definition) is 3. The van der Waals surface area contributed by atoms with Gasteiger partial charge in [-0.05, 0) is 37.5 Å². The van der Waals surface area contributed by atoms with Crippen molar-refractivity contribution in [2.45, 2.75) is 31.7 Å². The second-order valence-corrected chi connectivity index (χ2v) is 5.34. The van der Waals surface area contributed by atoms with Crippen molar-refractivity contribution in [2.24, 2.45) is 11.7 Å². The number of H-pyrrole nitrogens is 1. The number of aromatic amines is 1. The van der Waals surface area contributed by atoms with E-state index in [0.29, 0.717) is 16.8 Å². The summed E-state index contributed by atoms with van der Waals surface area (Å²) in [5, 5.41) is 2.88. The van der Waals surface area contributed by atoms with Crippen molar-refractivity contribution in [3.05, 3.63) is 28.7 Å². The van der Waals surface area contributed by atoms with Crippen molar-refractivity contribution < 1.29 is 9.21 Å². The summed E-state index contributed by atoms with van der Waals surface area (Å²) < 4.78 is 4.92. The molecular formula is C14H18ClN3O3. The van der Waals surface area contributed by atoms with Gasteiger partial charge >= 0.3 is 5.76 Å². The number of nitrogens with two attached hydrogens (primary N) is 1. The molecule has 1 amide bonds. The van der Waals surface area contributed by atoms with Crippen LogP contribution in [0, 0.1) is 5.92 Å². The highest BCUT2D eigenvalue weighted by Crippen LogP contribution is 2.25. The molecule has 1 aromatic heterocycles. The number of anilines is 1. The Morgan fingerprint density at radius 2 is 2.19 bits per heavy atom. The Balaban J connectivity index is 0.00000161. The zero-order chi connectivity index (χ0) is 14.1. The molecule has 1 aromatic carbocycles. The van der Waals surface area contributed by atoms with Crippen LogP contribution in [0.4, 0.5) is 5.69 Å². The Kier molecular flexibility index (Phi) is 4.69. The van der Waals surface area contributed by atoms with Gasteiger partial charge in [-0.1, -0.05) is 6.42 Å². The Morgan fingerprint density at radius 3 is 2.95 bits per heavy atom. The molecule has 21 heavy (non-hydrogen) atoms. The second-order valence-electron chi connectivity index (χ2n) is 5.34. The first kappa shape index (κ1) is 15.6. The molecule has 4 N–H and O–H groups in total. The van der Waals surface area contributed by atoms with Crippen molar-refractivity contribution in [1.29, 1.82) is 0 Å². The quantitative estimate of drug-likeness (QED) is 0.789. The van der Waals surface area contributed by atoms with E-state index < -0.39 is 5.76 Å². The number of fused-ring (bicyclic) bond motifs is 1. The van der Waals surface area contributed by atoms with Gasteiger partial charge in [-0.25, -0.2) is 4.79 Å². The van der Waals surface area contributed by atoms with Gasteiger partial charge in [-0.3, -0.25) is 9.78 Å². The normalized spacial score (nSPS) is 21.8. The van der Waals surface area contributed by atoms with E-state index in [1.54, 1.807) is 18.2 Å². The van der Waals surface area contributed by atoms with Crippen molar-refractivity contribution in [3.63, 3.8) is 0 Å². The predicted molar refractivity (Wildman–Crippen MR) is 82.6 cm³/mol. The van der Waals surface area contributed by atoms with Crippen LogP contribution in [0.25, 0.3) is 11.1 Å². The number of carbonyl (C=O) groups is 1. The molecule has 1 aliphatic rings. The van der Waals surface area contributed by atoms with Crippen LogP contribution in [-0.2, 0) is 4.79 Å². The van der Waals surface area contributed by atoms with Gasteiger partial charge < -0.3 is 15.5 Å². The van der Waals surface area contributed by atoms with E-state index in [0.717, 1.165) is 25.7 Å². The molecule has 3 rings (SSSR count). The van der Waals surface area contributed by atoms with Gasteiger partial charge in [0, 0.05) is 17.6 Å². The van der Waals surface area contributed by atoms with Crippen LogP contribution >= 0.6 is 12.4 Å². The van der Waals surface area contributed by atoms with Gasteiger partial charge in [0.2, 0.25) is 5.91 Å². The van der Waals surface area contributed by atoms with Gasteiger partial charge in [0.1, 0.15) is 0 Å². The van der Waals surface area contributed by atoms with Crippen LogP contribution in [-0.4, -0.2) is 16.9 Å². The van der Waals surface area contributed by atoms with Crippen molar-refractivity contribution in [3.8, 4) is 0 Å². The summed E-state index contributed by atoms with van der Waals surface area (Å²) in [5.41, 5.74) is 7.61. The summed E-state index contributed by atoms with van der Waals surface area (Å²) >= 11 is 0. The smallest absolute Gasteiger partial charge is 0.408 e. The van der Waals surface area contributed by atoms with Gasteiger partial charge in [-0.2, -0.15) is 0 Å². The van der Waals surface area contributed by atoms with E-state index in [9.17, 15) is 9.59 Å². The summed E-state index contributed by atoms with van der Waals surface area (Å²) in [5.74, 6) is -0.537. The minimum Gasteiger partial charge on any atom is -0.408 e. The third kappa shape index (κ3) is 3.46. The first-order chi connectivity index (χ1) is 9.61. The molecule has 0 bridgehead atoms. The summed E-state index contributed by atoms with van der Waals surface area (Å²) in [6, 6.07) is 5.20. The summed E-state index contributed by atoms with van der Waals surface area (Å²) in [4.78, 5) is 25.8. The van der Waals surface area contributed by atoms with E-state index in [-0.39, 0.29) is 30.3 Å². The van der Waals surface area contributed by atoms with Gasteiger partial charge in [0.05, 0.1) is 5.52 Å². The first-order valence-electron chi connectivity index (χ1n) is 6.81. The zero-order valence-corrected chi connectivity index (χ0v) is 12.2. The average Bonchev–Trinajstić information content (AvgIpc) is 2.78. The number of hydrogen-bond acceptors (Lipinski definition) is 4. The van der Waals surface area contributed by atoms with E-state index in [2.05, 4.69) is 10.3 Å². The van der Waals surface area contributed by atoms with Crippen LogP contribution < -0.4 is 16.8 Å². The Labute approximate surface area is 127 Å². The molecule has 0 spiro atoms. The fraction of sp³-hybridized carbons (Fsp3) is 0.429. The summed E-state index contributed by atoms with van der Waals surface area (Å²) in [6.45, 7) is 0. The third-order valence-electron chi connectivity index (χ3n) is 3.77. The molecule has 0 radical (unpaired) electrons. The molecule has 0 aliphatic heterocycles. The Bertz CT molecular complexity index is 694. The lowest BCUT2D eigenvalue weighted by atomic mass is 9.85. The van der Waals surface area contributed by atoms with Crippen molar-refractivity contribution in [1.82, 2.24) is 4.98 Å². The predicted octanol–water partition coefficient (Wildman–Crippen LogP) is 2.00. The SMILES string of the molecule is Cl.NC1CCCC(C(=O)Nc2ccc3oc(=O)[nH]c3c2)C1. The fourth-order valence-corrected chi connectivity index (χ4v) is 2.74. The molecule has 1 aliphatic carbocycles. The molecule has 6 nitrogen and oxygen atoms in total. The lowest BCUT2D eigenvalue weighted by Crippen LogP contribution is -2.34. The molecular weight excluding hydrogens is 294 g/mol. The number of rotatable bonds is 2.